The van der Waals surface area contributed by atoms with Gasteiger partial charge >= 0.3 is 0 Å². The molecule has 66 valence electrons. The normalized spacial score (nSPS) is 27.9. The van der Waals surface area contributed by atoms with Gasteiger partial charge in [-0.15, -0.1) is 0 Å². The molecule has 0 aromatic heterocycles. The molecule has 0 heterocycles. The number of hydrogen-bond donors (Lipinski definition) is 0. The first-order valence-corrected chi connectivity index (χ1v) is 5.31. The van der Waals surface area contributed by atoms with Crippen molar-refractivity contribution in [3.63, 3.8) is 0 Å². The lowest BCUT2D eigenvalue weighted by molar-refractivity contribution is 0.190. The highest BCUT2D eigenvalue weighted by atomic mass is 14.4. The molecule has 0 aliphatic heterocycles. The fourth-order valence-electron chi connectivity index (χ4n) is 2.71. The minimum atomic E-state index is 0.418. The molecule has 2 rings (SSSR count). The molecule has 0 aromatic carbocycles. The van der Waals surface area contributed by atoms with Gasteiger partial charge < -0.3 is 0 Å². The highest BCUT2D eigenvalue weighted by Gasteiger charge is 2.34. The maximum atomic E-state index is 9.07. The van der Waals surface area contributed by atoms with Gasteiger partial charge in [0.2, 0.25) is 0 Å². The zero-order valence-corrected chi connectivity index (χ0v) is 7.63. The average molecular weight is 163 g/mol. The first-order valence-electron chi connectivity index (χ1n) is 5.31. The van der Waals surface area contributed by atoms with Gasteiger partial charge in [-0.1, -0.05) is 19.3 Å². The van der Waals surface area contributed by atoms with Gasteiger partial charge in [0.1, 0.15) is 0 Å². The first-order chi connectivity index (χ1) is 5.92. The zero-order valence-electron chi connectivity index (χ0n) is 7.63. The second-order valence-electron chi connectivity index (χ2n) is 4.39. The van der Waals surface area contributed by atoms with Gasteiger partial charge in [0.25, 0.3) is 0 Å². The smallest absolute Gasteiger partial charge is 0.0661 e. The summed E-state index contributed by atoms with van der Waals surface area (Å²) in [5.74, 6) is 1.96. The minimum absolute atomic E-state index is 0.418. The fourth-order valence-corrected chi connectivity index (χ4v) is 2.71. The Bertz CT molecular complexity index is 182. The second kappa shape index (κ2) is 3.47. The Morgan fingerprint density at radius 3 is 1.75 bits per heavy atom. The van der Waals surface area contributed by atoms with Crippen LogP contribution in [0.3, 0.4) is 0 Å². The van der Waals surface area contributed by atoms with Crippen LogP contribution in [0.25, 0.3) is 0 Å². The fraction of sp³-hybridized carbons (Fsp3) is 0.909. The molecule has 1 nitrogen and oxygen atoms in total. The second-order valence-corrected chi connectivity index (χ2v) is 4.39. The minimum Gasteiger partial charge on any atom is -0.198 e. The SMILES string of the molecule is N#CC(C1CCCC1)C1CCC1. The number of rotatable bonds is 2. The van der Waals surface area contributed by atoms with Crippen LogP contribution in [-0.2, 0) is 0 Å². The van der Waals surface area contributed by atoms with Crippen LogP contribution in [0, 0.1) is 29.1 Å². The summed E-state index contributed by atoms with van der Waals surface area (Å²) in [6, 6.07) is 2.55. The lowest BCUT2D eigenvalue weighted by atomic mass is 9.71. The van der Waals surface area contributed by atoms with Gasteiger partial charge in [-0.2, -0.15) is 5.26 Å². The summed E-state index contributed by atoms with van der Waals surface area (Å²) >= 11 is 0. The molecular weight excluding hydrogens is 146 g/mol. The summed E-state index contributed by atoms with van der Waals surface area (Å²) in [6.07, 6.45) is 9.42. The Morgan fingerprint density at radius 1 is 0.917 bits per heavy atom. The summed E-state index contributed by atoms with van der Waals surface area (Å²) in [5, 5.41) is 9.07. The quantitative estimate of drug-likeness (QED) is 0.613. The maximum absolute atomic E-state index is 9.07. The molecule has 0 N–H and O–H groups in total. The van der Waals surface area contributed by atoms with E-state index >= 15 is 0 Å². The van der Waals surface area contributed by atoms with Gasteiger partial charge in [-0.3, -0.25) is 0 Å². The Labute approximate surface area is 74.8 Å². The molecular formula is C11H17N. The summed E-state index contributed by atoms with van der Waals surface area (Å²) in [4.78, 5) is 0. The molecule has 2 fully saturated rings. The van der Waals surface area contributed by atoms with E-state index in [2.05, 4.69) is 6.07 Å². The molecule has 0 spiro atoms. The van der Waals surface area contributed by atoms with E-state index in [0.717, 1.165) is 11.8 Å². The molecule has 1 heteroatoms. The van der Waals surface area contributed by atoms with Crippen LogP contribution in [0.15, 0.2) is 0 Å². The van der Waals surface area contributed by atoms with E-state index < -0.39 is 0 Å². The Balaban J connectivity index is 1.92. The standard InChI is InChI=1S/C11H17N/c12-8-11(10-6-3-7-10)9-4-1-2-5-9/h9-11H,1-7H2. The van der Waals surface area contributed by atoms with Crippen molar-refractivity contribution in [2.75, 3.05) is 0 Å². The molecule has 0 radical (unpaired) electrons. The number of nitrogens with zero attached hydrogens (tertiary/aromatic N) is 1. The molecule has 12 heavy (non-hydrogen) atoms. The molecule has 1 atom stereocenters. The molecule has 0 amide bonds. The van der Waals surface area contributed by atoms with Crippen molar-refractivity contribution in [1.29, 1.82) is 5.26 Å². The van der Waals surface area contributed by atoms with E-state index in [0.29, 0.717) is 5.92 Å². The van der Waals surface area contributed by atoms with Crippen LogP contribution in [0.4, 0.5) is 0 Å². The highest BCUT2D eigenvalue weighted by Crippen LogP contribution is 2.42. The van der Waals surface area contributed by atoms with Crippen molar-refractivity contribution in [3.05, 3.63) is 0 Å². The maximum Gasteiger partial charge on any atom is 0.0661 e. The molecule has 2 aliphatic carbocycles. The van der Waals surface area contributed by atoms with E-state index in [1.165, 1.54) is 44.9 Å². The van der Waals surface area contributed by atoms with Crippen LogP contribution < -0.4 is 0 Å². The van der Waals surface area contributed by atoms with Crippen molar-refractivity contribution in [3.8, 4) is 6.07 Å². The molecule has 1 unspecified atom stereocenters. The van der Waals surface area contributed by atoms with E-state index in [1.54, 1.807) is 0 Å². The third kappa shape index (κ3) is 1.35. The molecule has 0 aromatic rings. The van der Waals surface area contributed by atoms with E-state index in [9.17, 15) is 0 Å². The third-order valence-electron chi connectivity index (χ3n) is 3.71. The van der Waals surface area contributed by atoms with Crippen LogP contribution in [0.2, 0.25) is 0 Å². The van der Waals surface area contributed by atoms with Gasteiger partial charge in [0.15, 0.2) is 0 Å². The van der Waals surface area contributed by atoms with Gasteiger partial charge in [0, 0.05) is 0 Å². The average Bonchev–Trinajstić information content (AvgIpc) is 2.47. The summed E-state index contributed by atoms with van der Waals surface area (Å²) < 4.78 is 0. The molecule has 0 saturated heterocycles. The highest BCUT2D eigenvalue weighted by molar-refractivity contribution is 4.96. The monoisotopic (exact) mass is 163 g/mol. The predicted octanol–water partition coefficient (Wildman–Crippen LogP) is 3.12. The van der Waals surface area contributed by atoms with Crippen LogP contribution in [0.5, 0.6) is 0 Å². The van der Waals surface area contributed by atoms with E-state index in [-0.39, 0.29) is 0 Å². The van der Waals surface area contributed by atoms with Crippen LogP contribution in [0.1, 0.15) is 44.9 Å². The first kappa shape index (κ1) is 8.10. The molecule has 0 bridgehead atoms. The number of nitriles is 1. The van der Waals surface area contributed by atoms with Crippen molar-refractivity contribution in [2.24, 2.45) is 17.8 Å². The third-order valence-corrected chi connectivity index (χ3v) is 3.71. The lowest BCUT2D eigenvalue weighted by Gasteiger charge is -2.32. The van der Waals surface area contributed by atoms with Crippen molar-refractivity contribution in [2.45, 2.75) is 44.9 Å². The van der Waals surface area contributed by atoms with Crippen LogP contribution >= 0.6 is 0 Å². The summed E-state index contributed by atoms with van der Waals surface area (Å²) in [7, 11) is 0. The van der Waals surface area contributed by atoms with Gasteiger partial charge in [0.05, 0.1) is 12.0 Å². The van der Waals surface area contributed by atoms with Gasteiger partial charge in [-0.25, -0.2) is 0 Å². The molecule has 2 saturated carbocycles. The van der Waals surface area contributed by atoms with Crippen molar-refractivity contribution in [1.82, 2.24) is 0 Å². The van der Waals surface area contributed by atoms with E-state index in [4.69, 9.17) is 5.26 Å². The van der Waals surface area contributed by atoms with Crippen molar-refractivity contribution < 1.29 is 0 Å². The molecule has 2 aliphatic rings. The van der Waals surface area contributed by atoms with E-state index in [1.807, 2.05) is 0 Å². The summed E-state index contributed by atoms with van der Waals surface area (Å²) in [6.45, 7) is 0. The van der Waals surface area contributed by atoms with Crippen LogP contribution in [-0.4, -0.2) is 0 Å². The zero-order chi connectivity index (χ0) is 8.39. The van der Waals surface area contributed by atoms with Crippen molar-refractivity contribution >= 4 is 0 Å². The number of hydrogen-bond acceptors (Lipinski definition) is 1. The Kier molecular flexibility index (Phi) is 2.35. The largest absolute Gasteiger partial charge is 0.198 e. The predicted molar refractivity (Wildman–Crippen MR) is 48.4 cm³/mol. The van der Waals surface area contributed by atoms with Gasteiger partial charge in [-0.05, 0) is 37.5 Å². The summed E-state index contributed by atoms with van der Waals surface area (Å²) in [5.41, 5.74) is 0. The lowest BCUT2D eigenvalue weighted by Crippen LogP contribution is -2.26. The Hall–Kier alpha value is -0.510. The topological polar surface area (TPSA) is 23.8 Å². The Morgan fingerprint density at radius 2 is 1.42 bits per heavy atom.